The smallest absolute Gasteiger partial charge is 0.344 e. The number of rotatable bonds is 10. The van der Waals surface area contributed by atoms with Gasteiger partial charge < -0.3 is 4.90 Å². The number of anilines is 1. The van der Waals surface area contributed by atoms with Crippen molar-refractivity contribution in [2.24, 2.45) is 0 Å². The molecule has 7 heteroatoms. The zero-order chi connectivity index (χ0) is 34.9. The van der Waals surface area contributed by atoms with Crippen molar-refractivity contribution in [3.8, 4) is 5.69 Å². The molecular formula is C43H50N6S+2. The quantitative estimate of drug-likeness (QED) is 0.169. The van der Waals surface area contributed by atoms with E-state index in [1.165, 1.54) is 50.0 Å². The maximum Gasteiger partial charge on any atom is 0.369 e. The molecule has 256 valence electrons. The third-order valence-corrected chi connectivity index (χ3v) is 11.7. The highest BCUT2D eigenvalue weighted by atomic mass is 32.2. The number of para-hydroxylation sites is 3. The zero-order valence-corrected chi connectivity index (χ0v) is 31.2. The Balaban J connectivity index is 1.34. The van der Waals surface area contributed by atoms with Crippen LogP contribution in [0.1, 0.15) is 84.8 Å². The first kappa shape index (κ1) is 34.0. The molecule has 6 nitrogen and oxygen atoms in total. The molecule has 0 bridgehead atoms. The van der Waals surface area contributed by atoms with Crippen molar-refractivity contribution in [3.63, 3.8) is 0 Å². The molecule has 0 saturated carbocycles. The molecule has 50 heavy (non-hydrogen) atoms. The lowest BCUT2D eigenvalue weighted by atomic mass is 9.81. The molecule has 7 rings (SSSR count). The molecule has 0 amide bonds. The van der Waals surface area contributed by atoms with Crippen molar-refractivity contribution in [2.75, 3.05) is 18.0 Å². The predicted octanol–water partition coefficient (Wildman–Crippen LogP) is 9.67. The molecule has 1 aromatic heterocycles. The minimum Gasteiger partial charge on any atom is -0.344 e. The molecule has 3 aromatic carbocycles. The first-order valence-corrected chi connectivity index (χ1v) is 19.1. The first-order valence-electron chi connectivity index (χ1n) is 18.3. The van der Waals surface area contributed by atoms with Crippen LogP contribution in [0, 0.1) is 0 Å². The van der Waals surface area contributed by atoms with Crippen LogP contribution >= 0.6 is 11.8 Å². The number of nitrogens with one attached hydrogen (secondary N) is 1. The monoisotopic (exact) mass is 682 g/mol. The molecule has 0 spiro atoms. The van der Waals surface area contributed by atoms with Gasteiger partial charge in [-0.25, -0.2) is 0 Å². The topological polar surface area (TPSA) is 51.7 Å². The van der Waals surface area contributed by atoms with Crippen LogP contribution in [0.5, 0.6) is 0 Å². The molecule has 0 atom stereocenters. The summed E-state index contributed by atoms with van der Waals surface area (Å²) in [5.74, 6) is 0. The van der Waals surface area contributed by atoms with Crippen molar-refractivity contribution in [1.82, 2.24) is 15.5 Å². The van der Waals surface area contributed by atoms with Crippen molar-refractivity contribution >= 4 is 28.8 Å². The summed E-state index contributed by atoms with van der Waals surface area (Å²) in [6.07, 6.45) is 14.9. The van der Waals surface area contributed by atoms with Gasteiger partial charge >= 0.3 is 5.16 Å². The number of aromatic nitrogens is 4. The Morgan fingerprint density at radius 1 is 0.820 bits per heavy atom. The van der Waals surface area contributed by atoms with Crippen molar-refractivity contribution in [3.05, 3.63) is 136 Å². The van der Waals surface area contributed by atoms with Crippen LogP contribution < -0.4 is 9.58 Å². The van der Waals surface area contributed by atoms with Crippen LogP contribution in [-0.4, -0.2) is 38.9 Å². The van der Waals surface area contributed by atoms with E-state index in [0.717, 1.165) is 56.0 Å². The van der Waals surface area contributed by atoms with Crippen LogP contribution in [0.4, 0.5) is 11.4 Å². The van der Waals surface area contributed by atoms with Gasteiger partial charge in [0.05, 0.1) is 5.41 Å². The maximum atomic E-state index is 4.60. The standard InChI is InChI=1S/C43H49N6S/c1-7-29-47-36-23-14-12-21-34(36)42(3,4)38(47)27-25-31-17-16-18-32(40(31)50-41-44-45-46-49(41)33-19-10-9-11-20-33)26-28-39-43(5,6)35-22-13-15-24-37(35)48(39)30-8-2/h9-15,19-28H,7-8,16-18,29-30H2,1-6H3/q+1/p+1. The lowest BCUT2D eigenvalue weighted by molar-refractivity contribution is -0.697. The largest absolute Gasteiger partial charge is 0.369 e. The molecular weight excluding hydrogens is 633 g/mol. The number of thioether (sulfide) groups is 1. The van der Waals surface area contributed by atoms with Gasteiger partial charge in [0.25, 0.3) is 0 Å². The predicted molar refractivity (Wildman–Crippen MR) is 207 cm³/mol. The lowest BCUT2D eigenvalue weighted by Gasteiger charge is -2.27. The minimum absolute atomic E-state index is 0.0812. The van der Waals surface area contributed by atoms with E-state index in [1.807, 2.05) is 22.9 Å². The fourth-order valence-corrected chi connectivity index (χ4v) is 9.13. The third kappa shape index (κ3) is 6.10. The first-order chi connectivity index (χ1) is 24.3. The normalized spacial score (nSPS) is 19.7. The number of H-pyrrole nitrogens is 1. The Hall–Kier alpha value is -4.49. The summed E-state index contributed by atoms with van der Waals surface area (Å²) in [5, 5.41) is 12.8. The summed E-state index contributed by atoms with van der Waals surface area (Å²) in [4.78, 5) is 3.81. The Labute approximate surface area is 302 Å². The fraction of sp³-hybridized carbons (Fsp3) is 0.349. The van der Waals surface area contributed by atoms with Crippen molar-refractivity contribution in [2.45, 2.75) is 89.6 Å². The number of aromatic amines is 1. The van der Waals surface area contributed by atoms with Crippen LogP contribution in [0.3, 0.4) is 0 Å². The average Bonchev–Trinajstić information content (AvgIpc) is 3.74. The highest BCUT2D eigenvalue weighted by Crippen LogP contribution is 2.48. The van der Waals surface area contributed by atoms with E-state index < -0.39 is 0 Å². The van der Waals surface area contributed by atoms with E-state index in [1.54, 1.807) is 11.8 Å². The molecule has 0 radical (unpaired) electrons. The number of hydrogen-bond donors (Lipinski definition) is 1. The Morgan fingerprint density at radius 3 is 2.34 bits per heavy atom. The van der Waals surface area contributed by atoms with E-state index in [4.69, 9.17) is 0 Å². The molecule has 4 aromatic rings. The van der Waals surface area contributed by atoms with E-state index >= 15 is 0 Å². The molecule has 3 aliphatic rings. The van der Waals surface area contributed by atoms with Gasteiger partial charge in [-0.15, -0.1) is 4.68 Å². The molecule has 2 aliphatic heterocycles. The van der Waals surface area contributed by atoms with Crippen LogP contribution in [0.25, 0.3) is 5.69 Å². The van der Waals surface area contributed by atoms with Gasteiger partial charge in [0.2, 0.25) is 5.69 Å². The second-order valence-corrected chi connectivity index (χ2v) is 15.6. The minimum atomic E-state index is -0.0812. The number of tetrazole rings is 1. The molecule has 1 N–H and O–H groups in total. The van der Waals surface area contributed by atoms with Crippen LogP contribution in [0.15, 0.2) is 130 Å². The number of hydrogen-bond acceptors (Lipinski definition) is 4. The summed E-state index contributed by atoms with van der Waals surface area (Å²) in [6.45, 7) is 16.0. The molecule has 0 saturated heterocycles. The van der Waals surface area contributed by atoms with Gasteiger partial charge in [0, 0.05) is 52.4 Å². The second kappa shape index (κ2) is 14.0. The number of nitrogens with zero attached hydrogens (tertiary/aromatic N) is 5. The molecule has 3 heterocycles. The van der Waals surface area contributed by atoms with Crippen LogP contribution in [-0.2, 0) is 10.8 Å². The van der Waals surface area contributed by atoms with E-state index in [9.17, 15) is 0 Å². The second-order valence-electron chi connectivity index (χ2n) is 14.6. The summed E-state index contributed by atoms with van der Waals surface area (Å²) in [7, 11) is 0. The highest BCUT2D eigenvalue weighted by molar-refractivity contribution is 8.03. The van der Waals surface area contributed by atoms with E-state index in [2.05, 4.69) is 152 Å². The summed E-state index contributed by atoms with van der Waals surface area (Å²) in [6, 6.07) is 28.1. The Bertz CT molecular complexity index is 2040. The van der Waals surface area contributed by atoms with Crippen molar-refractivity contribution < 1.29 is 9.26 Å². The Kier molecular flexibility index (Phi) is 9.53. The summed E-state index contributed by atoms with van der Waals surface area (Å²) < 4.78 is 4.52. The maximum absolute atomic E-state index is 4.60. The van der Waals surface area contributed by atoms with Gasteiger partial charge in [0.15, 0.2) is 10.9 Å². The van der Waals surface area contributed by atoms with Gasteiger partial charge in [-0.1, -0.05) is 99.7 Å². The third-order valence-electron chi connectivity index (χ3n) is 10.5. The van der Waals surface area contributed by atoms with Gasteiger partial charge in [-0.05, 0) is 92.3 Å². The fourth-order valence-electron chi connectivity index (χ4n) is 8.02. The van der Waals surface area contributed by atoms with E-state index in [0.29, 0.717) is 0 Å². The highest BCUT2D eigenvalue weighted by Gasteiger charge is 2.44. The van der Waals surface area contributed by atoms with Crippen LogP contribution in [0.2, 0.25) is 0 Å². The van der Waals surface area contributed by atoms with Crippen molar-refractivity contribution in [1.29, 1.82) is 0 Å². The molecule has 1 aliphatic carbocycles. The molecule has 0 unspecified atom stereocenters. The van der Waals surface area contributed by atoms with Gasteiger partial charge in [0.1, 0.15) is 17.3 Å². The summed E-state index contributed by atoms with van der Waals surface area (Å²) >= 11 is 1.72. The SMILES string of the molecule is CCCN1/C(=C/C=C2\CCCC(/C=C/C3=[N+](CCC)c4ccccc4C3(C)C)=C2Sc2nn[nH][n+]2-c2ccccc2)C(C)(C)c2ccccc21. The summed E-state index contributed by atoms with van der Waals surface area (Å²) in [5.41, 5.74) is 11.7. The number of allylic oxidation sites excluding steroid dienone is 7. The lowest BCUT2D eigenvalue weighted by Crippen LogP contribution is -2.35. The Morgan fingerprint density at radius 2 is 1.56 bits per heavy atom. The zero-order valence-electron chi connectivity index (χ0n) is 30.4. The van der Waals surface area contributed by atoms with Gasteiger partial charge in [-0.3, -0.25) is 0 Å². The number of benzene rings is 3. The van der Waals surface area contributed by atoms with Gasteiger partial charge in [-0.2, -0.15) is 4.58 Å². The average molecular weight is 683 g/mol. The molecule has 0 fully saturated rings. The van der Waals surface area contributed by atoms with E-state index in [-0.39, 0.29) is 10.8 Å². The number of fused-ring (bicyclic) bond motifs is 2.